The number of nitrogens with zero attached hydrogens (tertiary/aromatic N) is 2. The average molecular weight is 493 g/mol. The SMILES string of the molecule is CC(C)(C)OC(=O)Nc1cc(C(S)c2ncccc2C(=O)Nc2ccc(C(C)(C)C)cc2)ccn1. The number of hydrogen-bond donors (Lipinski definition) is 3. The van der Waals surface area contributed by atoms with Gasteiger partial charge in [0.05, 0.1) is 16.5 Å². The molecule has 2 N–H and O–H groups in total. The number of rotatable bonds is 5. The summed E-state index contributed by atoms with van der Waals surface area (Å²) in [7, 11) is 0. The first-order valence-corrected chi connectivity index (χ1v) is 11.9. The molecule has 0 fully saturated rings. The van der Waals surface area contributed by atoms with Gasteiger partial charge in [0.2, 0.25) is 0 Å². The molecule has 0 saturated carbocycles. The highest BCUT2D eigenvalue weighted by atomic mass is 32.1. The lowest BCUT2D eigenvalue weighted by molar-refractivity contribution is 0.0635. The number of anilines is 2. The summed E-state index contributed by atoms with van der Waals surface area (Å²) in [6, 6.07) is 14.7. The van der Waals surface area contributed by atoms with Crippen molar-refractivity contribution >= 4 is 36.1 Å². The van der Waals surface area contributed by atoms with Crippen LogP contribution in [-0.4, -0.2) is 27.6 Å². The van der Waals surface area contributed by atoms with Crippen LogP contribution in [0, 0.1) is 0 Å². The molecule has 184 valence electrons. The molecule has 1 atom stereocenters. The van der Waals surface area contributed by atoms with Crippen molar-refractivity contribution in [2.45, 2.75) is 57.8 Å². The Hall–Kier alpha value is -3.39. The molecule has 1 aromatic carbocycles. The molecular weight excluding hydrogens is 460 g/mol. The van der Waals surface area contributed by atoms with Crippen molar-refractivity contribution < 1.29 is 14.3 Å². The lowest BCUT2D eigenvalue weighted by Gasteiger charge is -2.20. The van der Waals surface area contributed by atoms with Crippen LogP contribution >= 0.6 is 12.6 Å². The second-order valence-corrected chi connectivity index (χ2v) is 10.7. The zero-order chi connectivity index (χ0) is 25.8. The Kier molecular flexibility index (Phi) is 7.85. The number of amides is 2. The van der Waals surface area contributed by atoms with E-state index in [0.29, 0.717) is 22.8 Å². The van der Waals surface area contributed by atoms with Gasteiger partial charge in [-0.1, -0.05) is 32.9 Å². The zero-order valence-electron chi connectivity index (χ0n) is 20.9. The molecule has 0 aliphatic heterocycles. The molecule has 8 heteroatoms. The molecular formula is C27H32N4O3S. The van der Waals surface area contributed by atoms with Crippen molar-refractivity contribution in [3.63, 3.8) is 0 Å². The Labute approximate surface area is 212 Å². The van der Waals surface area contributed by atoms with Crippen molar-refractivity contribution in [3.8, 4) is 0 Å². The lowest BCUT2D eigenvalue weighted by Crippen LogP contribution is -2.27. The number of benzene rings is 1. The molecule has 2 amide bonds. The topological polar surface area (TPSA) is 93.2 Å². The van der Waals surface area contributed by atoms with E-state index in [4.69, 9.17) is 17.4 Å². The number of aromatic nitrogens is 2. The molecule has 0 aliphatic carbocycles. The number of thiol groups is 1. The molecule has 2 aromatic heterocycles. The summed E-state index contributed by atoms with van der Waals surface area (Å²) in [5.41, 5.74) is 2.90. The maximum atomic E-state index is 13.1. The molecule has 0 spiro atoms. The summed E-state index contributed by atoms with van der Waals surface area (Å²) in [6.07, 6.45) is 2.58. The minimum Gasteiger partial charge on any atom is -0.444 e. The van der Waals surface area contributed by atoms with Crippen LogP contribution in [0.25, 0.3) is 0 Å². The molecule has 3 rings (SSSR count). The van der Waals surface area contributed by atoms with Crippen LogP contribution in [0.4, 0.5) is 16.3 Å². The van der Waals surface area contributed by atoms with E-state index >= 15 is 0 Å². The highest BCUT2D eigenvalue weighted by Crippen LogP contribution is 2.31. The van der Waals surface area contributed by atoms with E-state index in [2.05, 4.69) is 41.4 Å². The van der Waals surface area contributed by atoms with Gasteiger partial charge in [-0.25, -0.2) is 9.78 Å². The maximum Gasteiger partial charge on any atom is 0.413 e. The number of carbonyl (C=O) groups excluding carboxylic acids is 2. The predicted molar refractivity (Wildman–Crippen MR) is 142 cm³/mol. The normalized spacial score (nSPS) is 12.5. The smallest absolute Gasteiger partial charge is 0.413 e. The molecule has 3 aromatic rings. The first-order chi connectivity index (χ1) is 16.3. The minimum atomic E-state index is -0.628. The van der Waals surface area contributed by atoms with Crippen molar-refractivity contribution in [2.24, 2.45) is 0 Å². The number of nitrogens with one attached hydrogen (secondary N) is 2. The molecule has 1 unspecified atom stereocenters. The van der Waals surface area contributed by atoms with Gasteiger partial charge >= 0.3 is 6.09 Å². The van der Waals surface area contributed by atoms with E-state index < -0.39 is 16.9 Å². The summed E-state index contributed by atoms with van der Waals surface area (Å²) < 4.78 is 5.29. The molecule has 2 heterocycles. The van der Waals surface area contributed by atoms with Crippen LogP contribution in [0.2, 0.25) is 0 Å². The van der Waals surface area contributed by atoms with Crippen LogP contribution in [0.15, 0.2) is 60.9 Å². The van der Waals surface area contributed by atoms with E-state index in [9.17, 15) is 9.59 Å². The first kappa shape index (κ1) is 26.2. The Morgan fingerprint density at radius 3 is 2.23 bits per heavy atom. The summed E-state index contributed by atoms with van der Waals surface area (Å²) in [4.78, 5) is 33.9. The van der Waals surface area contributed by atoms with Gasteiger partial charge < -0.3 is 10.1 Å². The van der Waals surface area contributed by atoms with Crippen LogP contribution in [-0.2, 0) is 10.2 Å². The fourth-order valence-electron chi connectivity index (χ4n) is 3.33. The van der Waals surface area contributed by atoms with Gasteiger partial charge in [0.15, 0.2) is 0 Å². The van der Waals surface area contributed by atoms with Crippen molar-refractivity contribution in [1.82, 2.24) is 9.97 Å². The zero-order valence-corrected chi connectivity index (χ0v) is 21.8. The highest BCUT2D eigenvalue weighted by Gasteiger charge is 2.22. The third kappa shape index (κ3) is 7.29. The molecule has 0 bridgehead atoms. The summed E-state index contributed by atoms with van der Waals surface area (Å²) in [5, 5.41) is 5.04. The number of pyridine rings is 2. The second-order valence-electron chi connectivity index (χ2n) is 10.2. The largest absolute Gasteiger partial charge is 0.444 e. The monoisotopic (exact) mass is 492 g/mol. The van der Waals surface area contributed by atoms with E-state index in [1.165, 1.54) is 5.56 Å². The van der Waals surface area contributed by atoms with Gasteiger partial charge in [-0.05, 0) is 73.7 Å². The van der Waals surface area contributed by atoms with Gasteiger partial charge in [0, 0.05) is 18.1 Å². The lowest BCUT2D eigenvalue weighted by atomic mass is 9.87. The quantitative estimate of drug-likeness (QED) is 0.359. The Morgan fingerprint density at radius 2 is 1.60 bits per heavy atom. The number of carbonyl (C=O) groups is 2. The van der Waals surface area contributed by atoms with Gasteiger partial charge in [-0.2, -0.15) is 12.6 Å². The van der Waals surface area contributed by atoms with Crippen molar-refractivity contribution in [3.05, 3.63) is 83.3 Å². The van der Waals surface area contributed by atoms with Gasteiger partial charge in [0.1, 0.15) is 11.4 Å². The summed E-state index contributed by atoms with van der Waals surface area (Å²) >= 11 is 4.74. The molecule has 35 heavy (non-hydrogen) atoms. The van der Waals surface area contributed by atoms with Crippen molar-refractivity contribution in [2.75, 3.05) is 10.6 Å². The first-order valence-electron chi connectivity index (χ1n) is 11.3. The summed E-state index contributed by atoms with van der Waals surface area (Å²) in [5.74, 6) is 0.0356. The number of hydrogen-bond acceptors (Lipinski definition) is 6. The Bertz CT molecular complexity index is 1200. The molecule has 7 nitrogen and oxygen atoms in total. The standard InChI is InChI=1S/C27H32N4O3S/c1-26(2,3)18-9-11-19(12-10-18)30-24(32)20-8-7-14-29-22(20)23(35)17-13-15-28-21(16-17)31-25(33)34-27(4,5)6/h7-16,23,35H,1-6H3,(H,30,32)(H,28,31,33). The van der Waals surface area contributed by atoms with Crippen LogP contribution in [0.5, 0.6) is 0 Å². The predicted octanol–water partition coefficient (Wildman–Crippen LogP) is 6.39. The fraction of sp³-hybridized carbons (Fsp3) is 0.333. The van der Waals surface area contributed by atoms with Crippen LogP contribution in [0.3, 0.4) is 0 Å². The Balaban J connectivity index is 1.79. The average Bonchev–Trinajstić information content (AvgIpc) is 2.77. The molecule has 0 saturated heterocycles. The molecule has 0 aliphatic rings. The van der Waals surface area contributed by atoms with E-state index in [0.717, 1.165) is 5.56 Å². The third-order valence-electron chi connectivity index (χ3n) is 5.08. The Morgan fingerprint density at radius 1 is 0.914 bits per heavy atom. The van der Waals surface area contributed by atoms with Crippen LogP contribution in [0.1, 0.15) is 74.0 Å². The van der Waals surface area contributed by atoms with Crippen LogP contribution < -0.4 is 10.6 Å². The van der Waals surface area contributed by atoms with Gasteiger partial charge in [-0.15, -0.1) is 0 Å². The van der Waals surface area contributed by atoms with Gasteiger partial charge in [0.25, 0.3) is 5.91 Å². The van der Waals surface area contributed by atoms with Crippen molar-refractivity contribution in [1.29, 1.82) is 0 Å². The highest BCUT2D eigenvalue weighted by molar-refractivity contribution is 7.80. The third-order valence-corrected chi connectivity index (χ3v) is 5.62. The van der Waals surface area contributed by atoms with E-state index in [1.54, 1.807) is 57.4 Å². The maximum absolute atomic E-state index is 13.1. The number of ether oxygens (including phenoxy) is 1. The fourth-order valence-corrected chi connectivity index (χ4v) is 3.70. The second kappa shape index (κ2) is 10.5. The molecule has 0 radical (unpaired) electrons. The van der Waals surface area contributed by atoms with E-state index in [-0.39, 0.29) is 11.3 Å². The summed E-state index contributed by atoms with van der Waals surface area (Å²) in [6.45, 7) is 11.8. The van der Waals surface area contributed by atoms with E-state index in [1.807, 2.05) is 24.3 Å². The van der Waals surface area contributed by atoms with Gasteiger partial charge in [-0.3, -0.25) is 15.1 Å². The minimum absolute atomic E-state index is 0.0278.